The van der Waals surface area contributed by atoms with Crippen molar-refractivity contribution in [1.29, 1.82) is 0 Å². The molecule has 6 heteroatoms. The standard InChI is InChI=1S/C58H112O6/c1-6-7-8-9-10-11-12-13-14-15-16-17-18-23-26-29-34-40-45-50-58(61)64-55(52-63-57(60)49-44-39-35-30-32-37-42-47-54(4)5)51-62-56(59)48-43-38-33-28-25-22-20-19-21-24-27-31-36-41-46-53(2)3/h53-55H,6-52H2,1-5H3/t55-/m1/s1. The number of hydrogen-bond donors (Lipinski definition) is 0. The Hall–Kier alpha value is -1.59. The van der Waals surface area contributed by atoms with E-state index < -0.39 is 6.10 Å². The lowest BCUT2D eigenvalue weighted by atomic mass is 10.0. The Bertz CT molecular complexity index is 978. The molecule has 0 aromatic rings. The molecule has 0 heterocycles. The predicted molar refractivity (Wildman–Crippen MR) is 275 cm³/mol. The molecule has 0 amide bonds. The summed E-state index contributed by atoms with van der Waals surface area (Å²) < 4.78 is 16.9. The van der Waals surface area contributed by atoms with Crippen LogP contribution in [-0.4, -0.2) is 37.2 Å². The molecular weight excluding hydrogens is 793 g/mol. The van der Waals surface area contributed by atoms with E-state index >= 15 is 0 Å². The summed E-state index contributed by atoms with van der Waals surface area (Å²) in [6.45, 7) is 11.4. The summed E-state index contributed by atoms with van der Waals surface area (Å²) in [4.78, 5) is 38.1. The van der Waals surface area contributed by atoms with Gasteiger partial charge in [-0.3, -0.25) is 14.4 Å². The van der Waals surface area contributed by atoms with Gasteiger partial charge in [-0.05, 0) is 31.1 Å². The Kier molecular flexibility index (Phi) is 49.6. The van der Waals surface area contributed by atoms with Crippen molar-refractivity contribution in [3.05, 3.63) is 0 Å². The lowest BCUT2D eigenvalue weighted by molar-refractivity contribution is -0.167. The van der Waals surface area contributed by atoms with Crippen molar-refractivity contribution < 1.29 is 28.6 Å². The smallest absolute Gasteiger partial charge is 0.306 e. The van der Waals surface area contributed by atoms with Gasteiger partial charge in [-0.15, -0.1) is 0 Å². The highest BCUT2D eigenvalue weighted by Gasteiger charge is 2.19. The number of unbranched alkanes of at least 4 members (excludes halogenated alkanes) is 37. The number of esters is 3. The first-order valence-corrected chi connectivity index (χ1v) is 28.7. The van der Waals surface area contributed by atoms with E-state index in [0.717, 1.165) is 69.6 Å². The van der Waals surface area contributed by atoms with Crippen LogP contribution in [0.2, 0.25) is 0 Å². The molecule has 380 valence electrons. The third kappa shape index (κ3) is 51.4. The fourth-order valence-corrected chi connectivity index (χ4v) is 8.87. The third-order valence-corrected chi connectivity index (χ3v) is 13.2. The summed E-state index contributed by atoms with van der Waals surface area (Å²) in [5.74, 6) is 0.782. The summed E-state index contributed by atoms with van der Waals surface area (Å²) in [5.41, 5.74) is 0. The Morgan fingerprint density at radius 1 is 0.297 bits per heavy atom. The average molecular weight is 906 g/mol. The van der Waals surface area contributed by atoms with Crippen LogP contribution in [0.3, 0.4) is 0 Å². The second-order valence-electron chi connectivity index (χ2n) is 20.9. The number of carbonyl (C=O) groups excluding carboxylic acids is 3. The molecule has 6 nitrogen and oxygen atoms in total. The summed E-state index contributed by atoms with van der Waals surface area (Å²) in [6, 6.07) is 0. The van der Waals surface area contributed by atoms with Crippen LogP contribution in [0.1, 0.15) is 324 Å². The summed E-state index contributed by atoms with van der Waals surface area (Å²) >= 11 is 0. The van der Waals surface area contributed by atoms with E-state index in [1.807, 2.05) is 0 Å². The largest absolute Gasteiger partial charge is 0.462 e. The summed E-state index contributed by atoms with van der Waals surface area (Å²) in [6.07, 6.45) is 53.9. The molecule has 0 unspecified atom stereocenters. The molecule has 0 aliphatic heterocycles. The zero-order chi connectivity index (χ0) is 46.8. The van der Waals surface area contributed by atoms with Gasteiger partial charge in [0.25, 0.3) is 0 Å². The molecule has 0 N–H and O–H groups in total. The lowest BCUT2D eigenvalue weighted by Crippen LogP contribution is -2.30. The maximum Gasteiger partial charge on any atom is 0.306 e. The van der Waals surface area contributed by atoms with Gasteiger partial charge in [0.15, 0.2) is 6.10 Å². The van der Waals surface area contributed by atoms with Crippen molar-refractivity contribution in [2.45, 2.75) is 330 Å². The lowest BCUT2D eigenvalue weighted by Gasteiger charge is -2.18. The zero-order valence-corrected chi connectivity index (χ0v) is 43.9. The zero-order valence-electron chi connectivity index (χ0n) is 43.9. The predicted octanol–water partition coefficient (Wildman–Crippen LogP) is 18.9. The summed E-state index contributed by atoms with van der Waals surface area (Å²) in [7, 11) is 0. The summed E-state index contributed by atoms with van der Waals surface area (Å²) in [5, 5.41) is 0. The Morgan fingerprint density at radius 2 is 0.516 bits per heavy atom. The van der Waals surface area contributed by atoms with Gasteiger partial charge in [0.2, 0.25) is 0 Å². The molecule has 0 aromatic carbocycles. The highest BCUT2D eigenvalue weighted by atomic mass is 16.6. The maximum atomic E-state index is 12.8. The number of carbonyl (C=O) groups is 3. The Morgan fingerprint density at radius 3 is 0.766 bits per heavy atom. The van der Waals surface area contributed by atoms with Crippen molar-refractivity contribution in [3.8, 4) is 0 Å². The Labute approximate surface area is 399 Å². The molecule has 0 rings (SSSR count). The molecule has 0 fully saturated rings. The molecule has 0 saturated carbocycles. The molecule has 0 radical (unpaired) electrons. The van der Waals surface area contributed by atoms with Crippen molar-refractivity contribution in [2.75, 3.05) is 13.2 Å². The van der Waals surface area contributed by atoms with Gasteiger partial charge >= 0.3 is 17.9 Å². The minimum Gasteiger partial charge on any atom is -0.462 e. The second kappa shape index (κ2) is 50.8. The van der Waals surface area contributed by atoms with E-state index in [0.29, 0.717) is 19.3 Å². The van der Waals surface area contributed by atoms with E-state index in [1.54, 1.807) is 0 Å². The number of ether oxygens (including phenoxy) is 3. The van der Waals surface area contributed by atoms with Gasteiger partial charge in [0.1, 0.15) is 13.2 Å². The second-order valence-corrected chi connectivity index (χ2v) is 20.9. The quantitative estimate of drug-likeness (QED) is 0.0344. The van der Waals surface area contributed by atoms with Crippen molar-refractivity contribution in [2.24, 2.45) is 11.8 Å². The van der Waals surface area contributed by atoms with Crippen LogP contribution in [-0.2, 0) is 28.6 Å². The van der Waals surface area contributed by atoms with Gasteiger partial charge in [-0.25, -0.2) is 0 Å². The van der Waals surface area contributed by atoms with Crippen LogP contribution in [0.25, 0.3) is 0 Å². The fourth-order valence-electron chi connectivity index (χ4n) is 8.87. The van der Waals surface area contributed by atoms with Crippen LogP contribution < -0.4 is 0 Å². The van der Waals surface area contributed by atoms with Gasteiger partial charge in [-0.2, -0.15) is 0 Å². The minimum atomic E-state index is -0.763. The van der Waals surface area contributed by atoms with Crippen LogP contribution in [0.5, 0.6) is 0 Å². The monoisotopic (exact) mass is 905 g/mol. The first kappa shape index (κ1) is 62.4. The van der Waals surface area contributed by atoms with E-state index in [9.17, 15) is 14.4 Å². The molecule has 0 spiro atoms. The van der Waals surface area contributed by atoms with E-state index in [-0.39, 0.29) is 31.1 Å². The highest BCUT2D eigenvalue weighted by Crippen LogP contribution is 2.18. The average Bonchev–Trinajstić information content (AvgIpc) is 3.27. The first-order chi connectivity index (χ1) is 31.2. The van der Waals surface area contributed by atoms with Crippen LogP contribution in [0, 0.1) is 11.8 Å². The molecule has 0 saturated heterocycles. The van der Waals surface area contributed by atoms with E-state index in [4.69, 9.17) is 14.2 Å². The molecule has 64 heavy (non-hydrogen) atoms. The first-order valence-electron chi connectivity index (χ1n) is 28.7. The molecule has 0 aliphatic rings. The normalized spacial score (nSPS) is 12.0. The van der Waals surface area contributed by atoms with Crippen LogP contribution >= 0.6 is 0 Å². The van der Waals surface area contributed by atoms with Crippen LogP contribution in [0.4, 0.5) is 0 Å². The van der Waals surface area contributed by atoms with Crippen molar-refractivity contribution in [1.82, 2.24) is 0 Å². The Balaban J connectivity index is 4.24. The third-order valence-electron chi connectivity index (χ3n) is 13.2. The van der Waals surface area contributed by atoms with Gasteiger partial charge < -0.3 is 14.2 Å². The van der Waals surface area contributed by atoms with Crippen molar-refractivity contribution in [3.63, 3.8) is 0 Å². The number of rotatable bonds is 52. The molecular formula is C58H112O6. The van der Waals surface area contributed by atoms with Crippen LogP contribution in [0.15, 0.2) is 0 Å². The maximum absolute atomic E-state index is 12.8. The SMILES string of the molecule is CCCCCCCCCCCCCCCCCCCCCC(=O)O[C@H](COC(=O)CCCCCCCCCCCCCCCCC(C)C)COC(=O)CCCCCCCCCC(C)C. The minimum absolute atomic E-state index is 0.0635. The van der Waals surface area contributed by atoms with Gasteiger partial charge in [-0.1, -0.05) is 285 Å². The van der Waals surface area contributed by atoms with Gasteiger partial charge in [0.05, 0.1) is 0 Å². The van der Waals surface area contributed by atoms with E-state index in [1.165, 1.54) is 212 Å². The fraction of sp³-hybridized carbons (Fsp3) is 0.948. The topological polar surface area (TPSA) is 78.9 Å². The van der Waals surface area contributed by atoms with Crippen molar-refractivity contribution >= 4 is 17.9 Å². The number of hydrogen-bond acceptors (Lipinski definition) is 6. The molecule has 0 aliphatic carbocycles. The van der Waals surface area contributed by atoms with Gasteiger partial charge in [0, 0.05) is 19.3 Å². The van der Waals surface area contributed by atoms with E-state index in [2.05, 4.69) is 34.6 Å². The highest BCUT2D eigenvalue weighted by molar-refractivity contribution is 5.71. The molecule has 1 atom stereocenters. The molecule has 0 bridgehead atoms. The molecule has 0 aromatic heterocycles.